The lowest BCUT2D eigenvalue weighted by Crippen LogP contribution is -2.40. The largest absolute Gasteiger partial charge is 0.416 e. The molecule has 0 aliphatic heterocycles. The van der Waals surface area contributed by atoms with E-state index in [1.807, 2.05) is 18.9 Å². The van der Waals surface area contributed by atoms with E-state index in [1.165, 1.54) is 6.07 Å². The Balaban J connectivity index is 3.34. The molecule has 0 radical (unpaired) electrons. The average Bonchev–Trinajstić information content (AvgIpc) is 2.34. The molecule has 0 spiro atoms. The second-order valence-corrected chi connectivity index (χ2v) is 6.69. The highest BCUT2D eigenvalue weighted by Gasteiger charge is 2.32. The number of hydrogen-bond donors (Lipinski definition) is 1. The summed E-state index contributed by atoms with van der Waals surface area (Å²) >= 11 is 4.92. The van der Waals surface area contributed by atoms with Crippen LogP contribution in [0.4, 0.5) is 18.9 Å². The van der Waals surface area contributed by atoms with E-state index < -0.39 is 11.7 Å². The number of halogens is 3. The fourth-order valence-electron chi connectivity index (χ4n) is 2.01. The van der Waals surface area contributed by atoms with Gasteiger partial charge in [0.15, 0.2) is 0 Å². The van der Waals surface area contributed by atoms with E-state index in [2.05, 4.69) is 20.8 Å². The second-order valence-electron chi connectivity index (χ2n) is 6.25. The summed E-state index contributed by atoms with van der Waals surface area (Å²) in [5.41, 5.74) is 5.69. The van der Waals surface area contributed by atoms with Crippen LogP contribution in [0.5, 0.6) is 0 Å². The summed E-state index contributed by atoms with van der Waals surface area (Å²) in [4.78, 5) is 1.87. The van der Waals surface area contributed by atoms with Crippen molar-refractivity contribution in [2.75, 3.05) is 11.9 Å². The van der Waals surface area contributed by atoms with Crippen molar-refractivity contribution in [1.82, 2.24) is 0 Å². The van der Waals surface area contributed by atoms with E-state index in [9.17, 15) is 13.2 Å². The molecule has 2 N–H and O–H groups in total. The van der Waals surface area contributed by atoms with E-state index in [1.54, 1.807) is 0 Å². The number of benzene rings is 1. The minimum Gasteiger partial charge on any atom is -0.389 e. The monoisotopic (exact) mass is 318 g/mol. The summed E-state index contributed by atoms with van der Waals surface area (Å²) in [5.74, 6) is 0. The van der Waals surface area contributed by atoms with Gasteiger partial charge in [-0.15, -0.1) is 0 Å². The van der Waals surface area contributed by atoms with Crippen molar-refractivity contribution >= 4 is 22.9 Å². The topological polar surface area (TPSA) is 29.3 Å². The van der Waals surface area contributed by atoms with Gasteiger partial charge in [-0.1, -0.05) is 33.0 Å². The number of nitrogens with zero attached hydrogens (tertiary/aromatic N) is 1. The molecule has 1 rings (SSSR count). The first kappa shape index (κ1) is 17.8. The molecule has 0 aromatic heterocycles. The third-order valence-corrected chi connectivity index (χ3v) is 4.02. The molecule has 0 bridgehead atoms. The minimum atomic E-state index is -4.41. The Morgan fingerprint density at radius 2 is 1.76 bits per heavy atom. The van der Waals surface area contributed by atoms with Crippen LogP contribution in [0.1, 0.15) is 38.8 Å². The van der Waals surface area contributed by atoms with E-state index in [4.69, 9.17) is 18.0 Å². The maximum atomic E-state index is 12.8. The molecule has 2 nitrogen and oxygen atoms in total. The zero-order valence-corrected chi connectivity index (χ0v) is 13.7. The highest BCUT2D eigenvalue weighted by Crippen LogP contribution is 2.35. The van der Waals surface area contributed by atoms with Gasteiger partial charge < -0.3 is 10.6 Å². The second kappa shape index (κ2) is 5.83. The highest BCUT2D eigenvalue weighted by atomic mass is 32.1. The van der Waals surface area contributed by atoms with Crippen molar-refractivity contribution in [2.24, 2.45) is 11.1 Å². The van der Waals surface area contributed by atoms with E-state index in [0.717, 1.165) is 12.1 Å². The summed E-state index contributed by atoms with van der Waals surface area (Å²) in [5, 5.41) is 0. The van der Waals surface area contributed by atoms with Crippen LogP contribution in [-0.4, -0.2) is 18.1 Å². The summed E-state index contributed by atoms with van der Waals surface area (Å²) in [6.07, 6.45) is -4.41. The van der Waals surface area contributed by atoms with Crippen molar-refractivity contribution in [3.63, 3.8) is 0 Å². The molecule has 21 heavy (non-hydrogen) atoms. The fourth-order valence-corrected chi connectivity index (χ4v) is 2.17. The van der Waals surface area contributed by atoms with E-state index >= 15 is 0 Å². The predicted octanol–water partition coefficient (Wildman–Crippen LogP) is 4.21. The van der Waals surface area contributed by atoms with Crippen molar-refractivity contribution < 1.29 is 13.2 Å². The molecule has 0 aliphatic carbocycles. The van der Waals surface area contributed by atoms with Crippen LogP contribution in [-0.2, 0) is 6.18 Å². The Kier molecular flexibility index (Phi) is 4.93. The number of hydrogen-bond acceptors (Lipinski definition) is 2. The van der Waals surface area contributed by atoms with Gasteiger partial charge in [0.05, 0.1) is 5.56 Å². The van der Waals surface area contributed by atoms with Gasteiger partial charge in [-0.25, -0.2) is 0 Å². The zero-order chi connectivity index (χ0) is 16.6. The lowest BCUT2D eigenvalue weighted by molar-refractivity contribution is -0.137. The molecule has 118 valence electrons. The van der Waals surface area contributed by atoms with Crippen molar-refractivity contribution in [3.05, 3.63) is 29.3 Å². The van der Waals surface area contributed by atoms with Gasteiger partial charge in [-0.05, 0) is 30.5 Å². The van der Waals surface area contributed by atoms with Crippen molar-refractivity contribution in [1.29, 1.82) is 0 Å². The maximum absolute atomic E-state index is 12.8. The van der Waals surface area contributed by atoms with Gasteiger partial charge in [0.1, 0.15) is 4.99 Å². The average molecular weight is 318 g/mol. The summed E-state index contributed by atoms with van der Waals surface area (Å²) in [7, 11) is 1.83. The molecule has 1 aromatic rings. The van der Waals surface area contributed by atoms with E-state index in [-0.39, 0.29) is 22.0 Å². The van der Waals surface area contributed by atoms with Crippen LogP contribution >= 0.6 is 12.2 Å². The first-order valence-electron chi connectivity index (χ1n) is 6.59. The molecule has 1 aromatic carbocycles. The third kappa shape index (κ3) is 4.09. The Bertz CT molecular complexity index is 533. The van der Waals surface area contributed by atoms with Crippen LogP contribution < -0.4 is 10.6 Å². The first-order valence-corrected chi connectivity index (χ1v) is 7.00. The number of alkyl halides is 3. The van der Waals surface area contributed by atoms with Crippen LogP contribution in [0, 0.1) is 5.41 Å². The first-order chi connectivity index (χ1) is 9.35. The summed E-state index contributed by atoms with van der Waals surface area (Å²) < 4.78 is 38.4. The lowest BCUT2D eigenvalue weighted by atomic mass is 9.86. The molecular formula is C15H21F3N2S. The number of anilines is 1. The summed E-state index contributed by atoms with van der Waals surface area (Å²) in [6.45, 7) is 8.22. The molecule has 0 aliphatic rings. The Morgan fingerprint density at radius 1 is 1.24 bits per heavy atom. The van der Waals surface area contributed by atoms with Crippen LogP contribution in [0.15, 0.2) is 18.2 Å². The highest BCUT2D eigenvalue weighted by molar-refractivity contribution is 7.80. The van der Waals surface area contributed by atoms with Crippen LogP contribution in [0.25, 0.3) is 0 Å². The van der Waals surface area contributed by atoms with Gasteiger partial charge in [-0.3, -0.25) is 0 Å². The van der Waals surface area contributed by atoms with Crippen LogP contribution in [0.3, 0.4) is 0 Å². The molecule has 1 unspecified atom stereocenters. The molecule has 0 heterocycles. The van der Waals surface area contributed by atoms with Gasteiger partial charge in [0.25, 0.3) is 0 Å². The molecule has 0 saturated carbocycles. The number of rotatable bonds is 3. The quantitative estimate of drug-likeness (QED) is 0.847. The molecule has 0 saturated heterocycles. The summed E-state index contributed by atoms with van der Waals surface area (Å²) in [6, 6.07) is 3.61. The molecular weight excluding hydrogens is 297 g/mol. The zero-order valence-electron chi connectivity index (χ0n) is 12.9. The van der Waals surface area contributed by atoms with E-state index in [0.29, 0.717) is 5.69 Å². The Morgan fingerprint density at radius 3 is 2.14 bits per heavy atom. The van der Waals surface area contributed by atoms with Crippen LogP contribution in [0.2, 0.25) is 0 Å². The fraction of sp³-hybridized carbons (Fsp3) is 0.533. The lowest BCUT2D eigenvalue weighted by Gasteiger charge is -2.37. The van der Waals surface area contributed by atoms with Crippen molar-refractivity contribution in [2.45, 2.75) is 39.9 Å². The minimum absolute atomic E-state index is 0.0368. The van der Waals surface area contributed by atoms with Gasteiger partial charge in [-0.2, -0.15) is 13.2 Å². The molecule has 1 atom stereocenters. The predicted molar refractivity (Wildman–Crippen MR) is 84.7 cm³/mol. The standard InChI is InChI=1S/C15H21F3N2S/c1-9(14(2,3)4)20(5)12-7-6-10(15(16,17)18)8-11(12)13(19)21/h6-9H,1-5H3,(H2,19,21). The van der Waals surface area contributed by atoms with Gasteiger partial charge in [0.2, 0.25) is 0 Å². The van der Waals surface area contributed by atoms with Gasteiger partial charge >= 0.3 is 6.18 Å². The van der Waals surface area contributed by atoms with Crippen molar-refractivity contribution in [3.8, 4) is 0 Å². The van der Waals surface area contributed by atoms with Gasteiger partial charge in [0, 0.05) is 24.3 Å². The number of thiocarbonyl (C=S) groups is 1. The molecule has 0 fully saturated rings. The Hall–Kier alpha value is -1.30. The number of nitrogens with two attached hydrogens (primary N) is 1. The third-order valence-electron chi connectivity index (χ3n) is 3.80. The SMILES string of the molecule is CC(N(C)c1ccc(C(F)(F)F)cc1C(N)=S)C(C)(C)C. The maximum Gasteiger partial charge on any atom is 0.416 e. The normalized spacial score (nSPS) is 13.9. The smallest absolute Gasteiger partial charge is 0.389 e. The molecule has 6 heteroatoms. The molecule has 0 amide bonds. The Labute approximate surface area is 129 Å².